The van der Waals surface area contributed by atoms with Gasteiger partial charge in [0.1, 0.15) is 11.5 Å². The van der Waals surface area contributed by atoms with Crippen molar-refractivity contribution in [3.05, 3.63) is 53.1 Å². The van der Waals surface area contributed by atoms with E-state index in [4.69, 9.17) is 9.47 Å². The molecule has 1 saturated heterocycles. The molecule has 6 nitrogen and oxygen atoms in total. The summed E-state index contributed by atoms with van der Waals surface area (Å²) in [6, 6.07) is 11.8. The maximum Gasteiger partial charge on any atom is 0.224 e. The molecule has 0 spiro atoms. The number of likely N-dealkylation sites (tertiary alicyclic amines) is 1. The van der Waals surface area contributed by atoms with Gasteiger partial charge >= 0.3 is 0 Å². The van der Waals surface area contributed by atoms with E-state index in [1.807, 2.05) is 44.2 Å². The smallest absolute Gasteiger partial charge is 0.224 e. The average molecular weight is 441 g/mol. The van der Waals surface area contributed by atoms with E-state index in [0.717, 1.165) is 67.2 Å². The van der Waals surface area contributed by atoms with Crippen molar-refractivity contribution in [2.45, 2.75) is 52.7 Å². The Balaban J connectivity index is 1.49. The van der Waals surface area contributed by atoms with Gasteiger partial charge in [-0.1, -0.05) is 6.07 Å². The minimum Gasteiger partial charge on any atom is -0.497 e. The number of carbonyl (C=O) groups excluding carboxylic acids is 1. The van der Waals surface area contributed by atoms with E-state index in [1.54, 1.807) is 7.11 Å². The number of nitrogens with zero attached hydrogens (tertiary/aromatic N) is 1. The molecule has 0 aliphatic carbocycles. The molecule has 0 aromatic heterocycles. The van der Waals surface area contributed by atoms with E-state index in [1.165, 1.54) is 5.56 Å². The zero-order valence-corrected chi connectivity index (χ0v) is 19.5. The van der Waals surface area contributed by atoms with Gasteiger partial charge in [0, 0.05) is 30.8 Å². The zero-order valence-electron chi connectivity index (χ0n) is 19.5. The summed E-state index contributed by atoms with van der Waals surface area (Å²) in [6.45, 7) is 7.40. The first-order valence-electron chi connectivity index (χ1n) is 11.5. The third-order valence-electron chi connectivity index (χ3n) is 6.09. The summed E-state index contributed by atoms with van der Waals surface area (Å²) >= 11 is 0. The summed E-state index contributed by atoms with van der Waals surface area (Å²) in [5, 5.41) is 12.7. The molecule has 0 saturated carbocycles. The highest BCUT2D eigenvalue weighted by Crippen LogP contribution is 2.26. The Morgan fingerprint density at radius 1 is 1.25 bits per heavy atom. The molecule has 2 aromatic rings. The largest absolute Gasteiger partial charge is 0.497 e. The molecular formula is C26H36N2O4. The van der Waals surface area contributed by atoms with Crippen LogP contribution in [-0.4, -0.2) is 42.7 Å². The van der Waals surface area contributed by atoms with Crippen molar-refractivity contribution < 1.29 is 19.4 Å². The van der Waals surface area contributed by atoms with Gasteiger partial charge in [-0.2, -0.15) is 0 Å². The number of benzene rings is 2. The van der Waals surface area contributed by atoms with Crippen molar-refractivity contribution in [2.75, 3.05) is 32.1 Å². The predicted octanol–water partition coefficient (Wildman–Crippen LogP) is 4.53. The van der Waals surface area contributed by atoms with Crippen LogP contribution < -0.4 is 14.8 Å². The van der Waals surface area contributed by atoms with Gasteiger partial charge in [0.25, 0.3) is 0 Å². The molecule has 2 aromatic carbocycles. The second kappa shape index (κ2) is 11.9. The third kappa shape index (κ3) is 6.71. The van der Waals surface area contributed by atoms with Gasteiger partial charge < -0.3 is 19.9 Å². The average Bonchev–Trinajstić information content (AvgIpc) is 2.80. The normalized spacial score (nSPS) is 16.6. The molecule has 0 unspecified atom stereocenters. The molecule has 174 valence electrons. The molecule has 6 heteroatoms. The summed E-state index contributed by atoms with van der Waals surface area (Å²) in [6.07, 6.45) is 3.73. The number of ether oxygens (including phenoxy) is 2. The molecule has 0 radical (unpaired) electrons. The molecule has 2 N–H and O–H groups in total. The Kier molecular flexibility index (Phi) is 8.94. The van der Waals surface area contributed by atoms with Crippen molar-refractivity contribution >= 4 is 11.6 Å². The van der Waals surface area contributed by atoms with Crippen LogP contribution in [0.15, 0.2) is 36.4 Å². The van der Waals surface area contributed by atoms with Crippen LogP contribution in [0.25, 0.3) is 0 Å². The first kappa shape index (κ1) is 24.1. The number of piperidine rings is 1. The first-order chi connectivity index (χ1) is 15.5. The van der Waals surface area contributed by atoms with Gasteiger partial charge in [0.05, 0.1) is 20.3 Å². The van der Waals surface area contributed by atoms with E-state index in [0.29, 0.717) is 18.9 Å². The number of amides is 1. The van der Waals surface area contributed by atoms with E-state index in [-0.39, 0.29) is 12.5 Å². The van der Waals surface area contributed by atoms with Crippen LogP contribution in [0, 0.1) is 12.8 Å². The number of hydrogen-bond donors (Lipinski definition) is 2. The molecule has 1 amide bonds. The minimum absolute atomic E-state index is 0.0193. The van der Waals surface area contributed by atoms with Gasteiger partial charge in [-0.05, 0) is 87.0 Å². The van der Waals surface area contributed by atoms with Crippen molar-refractivity contribution in [2.24, 2.45) is 5.92 Å². The van der Waals surface area contributed by atoms with Crippen molar-refractivity contribution in [1.29, 1.82) is 0 Å². The topological polar surface area (TPSA) is 71.0 Å². The summed E-state index contributed by atoms with van der Waals surface area (Å²) in [5.74, 6) is 2.13. The number of carbonyl (C=O) groups is 1. The van der Waals surface area contributed by atoms with Crippen LogP contribution >= 0.6 is 0 Å². The highest BCUT2D eigenvalue weighted by atomic mass is 16.5. The molecule has 0 bridgehead atoms. The van der Waals surface area contributed by atoms with E-state index < -0.39 is 0 Å². The van der Waals surface area contributed by atoms with Gasteiger partial charge in [-0.3, -0.25) is 9.69 Å². The Morgan fingerprint density at radius 3 is 2.81 bits per heavy atom. The summed E-state index contributed by atoms with van der Waals surface area (Å²) in [5.41, 5.74) is 3.87. The van der Waals surface area contributed by atoms with Gasteiger partial charge in [-0.25, -0.2) is 0 Å². The lowest BCUT2D eigenvalue weighted by Gasteiger charge is -2.33. The Hall–Kier alpha value is -2.57. The van der Waals surface area contributed by atoms with Crippen molar-refractivity contribution in [3.63, 3.8) is 0 Å². The third-order valence-corrected chi connectivity index (χ3v) is 6.09. The molecule has 1 heterocycles. The van der Waals surface area contributed by atoms with Crippen molar-refractivity contribution in [1.82, 2.24) is 4.90 Å². The highest BCUT2D eigenvalue weighted by molar-refractivity contribution is 5.91. The molecule has 1 aliphatic rings. The quantitative estimate of drug-likeness (QED) is 0.568. The van der Waals surface area contributed by atoms with E-state index >= 15 is 0 Å². The zero-order chi connectivity index (χ0) is 22.9. The lowest BCUT2D eigenvalue weighted by atomic mass is 9.93. The standard InChI is InChI=1S/C26H36N2O4/c1-4-32-25-11-7-21(15-22(25)18-29)17-28-13-5-6-20(16-28)8-12-26(30)27-24-10-9-23(31-3)14-19(24)2/h7,9-11,14-15,20,29H,4-6,8,12-13,16-18H2,1-3H3,(H,27,30)/t20-/m0/s1. The number of nitrogens with one attached hydrogen (secondary N) is 1. The highest BCUT2D eigenvalue weighted by Gasteiger charge is 2.21. The van der Waals surface area contributed by atoms with E-state index in [9.17, 15) is 9.90 Å². The molecule has 1 aliphatic heterocycles. The summed E-state index contributed by atoms with van der Waals surface area (Å²) in [7, 11) is 1.64. The second-order valence-electron chi connectivity index (χ2n) is 8.54. The van der Waals surface area contributed by atoms with Gasteiger partial charge in [0.2, 0.25) is 5.91 Å². The number of methoxy groups -OCH3 is 1. The Labute approximate surface area is 191 Å². The molecule has 32 heavy (non-hydrogen) atoms. The second-order valence-corrected chi connectivity index (χ2v) is 8.54. The monoisotopic (exact) mass is 440 g/mol. The van der Waals surface area contributed by atoms with Crippen LogP contribution in [0.3, 0.4) is 0 Å². The number of anilines is 1. The molecule has 3 rings (SSSR count). The molecule has 1 fully saturated rings. The number of aliphatic hydroxyl groups excluding tert-OH is 1. The Morgan fingerprint density at radius 2 is 2.09 bits per heavy atom. The van der Waals surface area contributed by atoms with E-state index in [2.05, 4.69) is 16.3 Å². The fourth-order valence-electron chi connectivity index (χ4n) is 4.39. The Bertz CT molecular complexity index is 899. The maximum absolute atomic E-state index is 12.5. The number of hydrogen-bond acceptors (Lipinski definition) is 5. The fourth-order valence-corrected chi connectivity index (χ4v) is 4.39. The van der Waals surface area contributed by atoms with Crippen LogP contribution in [0.2, 0.25) is 0 Å². The fraction of sp³-hybridized carbons (Fsp3) is 0.500. The van der Waals surface area contributed by atoms with Gasteiger partial charge in [0.15, 0.2) is 0 Å². The van der Waals surface area contributed by atoms with Crippen LogP contribution in [0.4, 0.5) is 5.69 Å². The van der Waals surface area contributed by atoms with Crippen LogP contribution in [-0.2, 0) is 17.9 Å². The van der Waals surface area contributed by atoms with Crippen molar-refractivity contribution in [3.8, 4) is 11.5 Å². The number of aryl methyl sites for hydroxylation is 1. The first-order valence-corrected chi connectivity index (χ1v) is 11.5. The minimum atomic E-state index is -0.0193. The van der Waals surface area contributed by atoms with Crippen LogP contribution in [0.5, 0.6) is 11.5 Å². The predicted molar refractivity (Wildman–Crippen MR) is 127 cm³/mol. The summed E-state index contributed by atoms with van der Waals surface area (Å²) < 4.78 is 10.8. The lowest BCUT2D eigenvalue weighted by molar-refractivity contribution is -0.116. The lowest BCUT2D eigenvalue weighted by Crippen LogP contribution is -2.35. The molecular weight excluding hydrogens is 404 g/mol. The number of aliphatic hydroxyl groups is 1. The SMILES string of the molecule is CCOc1ccc(CN2CCC[C@@H](CCC(=O)Nc3ccc(OC)cc3C)C2)cc1CO. The maximum atomic E-state index is 12.5. The van der Waals surface area contributed by atoms with Gasteiger partial charge in [-0.15, -0.1) is 0 Å². The van der Waals surface area contributed by atoms with Crippen LogP contribution in [0.1, 0.15) is 49.3 Å². The number of rotatable bonds is 10. The summed E-state index contributed by atoms with van der Waals surface area (Å²) in [4.78, 5) is 15.0. The molecule has 1 atom stereocenters.